The molecule has 1 aromatic rings. The van der Waals surface area contributed by atoms with Gasteiger partial charge in [0.1, 0.15) is 5.76 Å². The molecule has 0 aliphatic heterocycles. The molecule has 1 amide bonds. The Hall–Kier alpha value is -1.89. The second-order valence-electron chi connectivity index (χ2n) is 3.64. The fraction of sp³-hybridized carbons (Fsp3) is 0.500. The van der Waals surface area contributed by atoms with Gasteiger partial charge >= 0.3 is 5.97 Å². The predicted octanol–water partition coefficient (Wildman–Crippen LogP) is -0.604. The highest BCUT2D eigenvalue weighted by molar-refractivity contribution is 5.80. The number of carboxylic acid groups (broad SMARTS) is 1. The van der Waals surface area contributed by atoms with Crippen molar-refractivity contribution in [1.82, 2.24) is 10.5 Å². The van der Waals surface area contributed by atoms with Gasteiger partial charge in [0.25, 0.3) is 0 Å². The number of rotatable bonds is 5. The molecule has 7 heteroatoms. The number of carbonyl (C=O) groups excluding carboxylic acids is 1. The van der Waals surface area contributed by atoms with Crippen molar-refractivity contribution in [2.75, 3.05) is 6.54 Å². The summed E-state index contributed by atoms with van der Waals surface area (Å²) in [6.07, 6.45) is -1.54. The second-order valence-corrected chi connectivity index (χ2v) is 3.64. The Morgan fingerprint density at radius 2 is 2.12 bits per heavy atom. The lowest BCUT2D eigenvalue weighted by atomic mass is 10.1. The molecule has 0 radical (unpaired) electrons. The Labute approximate surface area is 97.4 Å². The third-order valence-electron chi connectivity index (χ3n) is 2.30. The van der Waals surface area contributed by atoms with Gasteiger partial charge in [-0.25, -0.2) is 4.79 Å². The average molecular weight is 242 g/mol. The van der Waals surface area contributed by atoms with Crippen LogP contribution in [0.2, 0.25) is 0 Å². The minimum absolute atomic E-state index is 0.0491. The van der Waals surface area contributed by atoms with Gasteiger partial charge in [-0.2, -0.15) is 0 Å². The van der Waals surface area contributed by atoms with Crippen LogP contribution in [0.25, 0.3) is 0 Å². The lowest BCUT2D eigenvalue weighted by molar-refractivity contribution is -0.146. The van der Waals surface area contributed by atoms with E-state index in [1.54, 1.807) is 13.8 Å². The molecule has 1 unspecified atom stereocenters. The van der Waals surface area contributed by atoms with Gasteiger partial charge in [0, 0.05) is 5.56 Å². The number of nitrogens with one attached hydrogen (secondary N) is 1. The molecule has 94 valence electrons. The smallest absolute Gasteiger partial charge is 0.334 e. The first-order valence-corrected chi connectivity index (χ1v) is 5.01. The van der Waals surface area contributed by atoms with E-state index in [0.717, 1.165) is 0 Å². The monoisotopic (exact) mass is 242 g/mol. The molecule has 0 aliphatic carbocycles. The van der Waals surface area contributed by atoms with Crippen LogP contribution >= 0.6 is 0 Å². The van der Waals surface area contributed by atoms with Crippen LogP contribution in [-0.4, -0.2) is 39.9 Å². The van der Waals surface area contributed by atoms with E-state index < -0.39 is 12.1 Å². The standard InChI is InChI=1S/C10H14N2O5/c1-5-7(6(2)17-12-5)3-9(14)11-4-8(13)10(15)16/h8,13H,3-4H2,1-2H3,(H,11,14)(H,15,16). The highest BCUT2D eigenvalue weighted by Crippen LogP contribution is 2.12. The fourth-order valence-electron chi connectivity index (χ4n) is 1.28. The average Bonchev–Trinajstić information content (AvgIpc) is 2.57. The molecule has 1 aromatic heterocycles. The number of aliphatic hydroxyl groups is 1. The van der Waals surface area contributed by atoms with Crippen LogP contribution in [0.5, 0.6) is 0 Å². The van der Waals surface area contributed by atoms with Crippen molar-refractivity contribution in [1.29, 1.82) is 0 Å². The summed E-state index contributed by atoms with van der Waals surface area (Å²) in [5, 5.41) is 23.4. The van der Waals surface area contributed by atoms with E-state index in [4.69, 9.17) is 14.7 Å². The van der Waals surface area contributed by atoms with Crippen molar-refractivity contribution in [2.45, 2.75) is 26.4 Å². The van der Waals surface area contributed by atoms with Crippen molar-refractivity contribution >= 4 is 11.9 Å². The van der Waals surface area contributed by atoms with Crippen LogP contribution in [-0.2, 0) is 16.0 Å². The molecule has 0 bridgehead atoms. The van der Waals surface area contributed by atoms with E-state index >= 15 is 0 Å². The van der Waals surface area contributed by atoms with Crippen LogP contribution in [0.15, 0.2) is 4.52 Å². The van der Waals surface area contributed by atoms with Gasteiger partial charge in [0.05, 0.1) is 18.7 Å². The Bertz CT molecular complexity index is 407. The molecule has 0 fully saturated rings. The number of nitrogens with zero attached hydrogens (tertiary/aromatic N) is 1. The zero-order valence-corrected chi connectivity index (χ0v) is 9.56. The van der Waals surface area contributed by atoms with Crippen molar-refractivity contribution in [3.8, 4) is 0 Å². The van der Waals surface area contributed by atoms with E-state index in [1.165, 1.54) is 0 Å². The lowest BCUT2D eigenvalue weighted by Crippen LogP contribution is -2.37. The number of hydrogen-bond donors (Lipinski definition) is 3. The number of amides is 1. The molecule has 0 saturated heterocycles. The summed E-state index contributed by atoms with van der Waals surface area (Å²) < 4.78 is 4.89. The predicted molar refractivity (Wildman–Crippen MR) is 56.3 cm³/mol. The molecular weight excluding hydrogens is 228 g/mol. The topological polar surface area (TPSA) is 113 Å². The van der Waals surface area contributed by atoms with Gasteiger partial charge in [0.2, 0.25) is 5.91 Å². The van der Waals surface area contributed by atoms with E-state index in [2.05, 4.69) is 10.5 Å². The third-order valence-corrected chi connectivity index (χ3v) is 2.30. The Balaban J connectivity index is 2.48. The molecule has 1 heterocycles. The summed E-state index contributed by atoms with van der Waals surface area (Å²) in [7, 11) is 0. The van der Waals surface area contributed by atoms with Crippen LogP contribution in [0, 0.1) is 13.8 Å². The van der Waals surface area contributed by atoms with Gasteiger partial charge in [-0.3, -0.25) is 4.79 Å². The van der Waals surface area contributed by atoms with Crippen LogP contribution in [0.4, 0.5) is 0 Å². The van der Waals surface area contributed by atoms with Crippen molar-refractivity contribution in [3.05, 3.63) is 17.0 Å². The van der Waals surface area contributed by atoms with Gasteiger partial charge < -0.3 is 20.1 Å². The summed E-state index contributed by atoms with van der Waals surface area (Å²) in [6, 6.07) is 0. The summed E-state index contributed by atoms with van der Waals surface area (Å²) in [5.41, 5.74) is 1.30. The first kappa shape index (κ1) is 13.2. The first-order chi connectivity index (χ1) is 7.91. The maximum absolute atomic E-state index is 11.5. The van der Waals surface area contributed by atoms with Gasteiger partial charge in [-0.1, -0.05) is 5.16 Å². The molecule has 1 atom stereocenters. The van der Waals surface area contributed by atoms with Crippen LogP contribution in [0.3, 0.4) is 0 Å². The van der Waals surface area contributed by atoms with E-state index in [0.29, 0.717) is 17.0 Å². The van der Waals surface area contributed by atoms with Crippen LogP contribution < -0.4 is 5.32 Å². The van der Waals surface area contributed by atoms with E-state index in [9.17, 15) is 9.59 Å². The number of carbonyl (C=O) groups is 2. The third kappa shape index (κ3) is 3.56. The number of aromatic nitrogens is 1. The summed E-state index contributed by atoms with van der Waals surface area (Å²) >= 11 is 0. The minimum atomic E-state index is -1.59. The SMILES string of the molecule is Cc1noc(C)c1CC(=O)NCC(O)C(=O)O. The fourth-order valence-corrected chi connectivity index (χ4v) is 1.28. The van der Waals surface area contributed by atoms with Gasteiger partial charge in [-0.15, -0.1) is 0 Å². The Morgan fingerprint density at radius 1 is 1.47 bits per heavy atom. The number of aliphatic carboxylic acids is 1. The number of aliphatic hydroxyl groups excluding tert-OH is 1. The zero-order chi connectivity index (χ0) is 13.0. The molecule has 17 heavy (non-hydrogen) atoms. The highest BCUT2D eigenvalue weighted by atomic mass is 16.5. The molecule has 1 rings (SSSR count). The Morgan fingerprint density at radius 3 is 2.59 bits per heavy atom. The maximum atomic E-state index is 11.5. The Kier molecular flexibility index (Phi) is 4.22. The molecule has 7 nitrogen and oxygen atoms in total. The number of aryl methyl sites for hydroxylation is 2. The van der Waals surface area contributed by atoms with Crippen LogP contribution in [0.1, 0.15) is 17.0 Å². The molecule has 0 saturated carbocycles. The first-order valence-electron chi connectivity index (χ1n) is 5.01. The van der Waals surface area contributed by atoms with Gasteiger partial charge in [-0.05, 0) is 13.8 Å². The quantitative estimate of drug-likeness (QED) is 0.635. The lowest BCUT2D eigenvalue weighted by Gasteiger charge is -2.07. The molecule has 3 N–H and O–H groups in total. The van der Waals surface area contributed by atoms with Gasteiger partial charge in [0.15, 0.2) is 6.10 Å². The molecule has 0 aliphatic rings. The highest BCUT2D eigenvalue weighted by Gasteiger charge is 2.16. The van der Waals surface area contributed by atoms with Crippen molar-refractivity contribution in [2.24, 2.45) is 0 Å². The number of hydrogen-bond acceptors (Lipinski definition) is 5. The van der Waals surface area contributed by atoms with E-state index in [1.807, 2.05) is 0 Å². The van der Waals surface area contributed by atoms with Crippen molar-refractivity contribution < 1.29 is 24.3 Å². The second kappa shape index (κ2) is 5.44. The number of carboxylic acids is 1. The largest absolute Gasteiger partial charge is 0.479 e. The summed E-state index contributed by atoms with van der Waals surface area (Å²) in [6.45, 7) is 3.08. The normalized spacial score (nSPS) is 12.2. The molecule has 0 spiro atoms. The zero-order valence-electron chi connectivity index (χ0n) is 9.56. The summed E-state index contributed by atoms with van der Waals surface area (Å²) in [5.74, 6) is -1.21. The maximum Gasteiger partial charge on any atom is 0.334 e. The summed E-state index contributed by atoms with van der Waals surface area (Å²) in [4.78, 5) is 21.8. The van der Waals surface area contributed by atoms with Crippen molar-refractivity contribution in [3.63, 3.8) is 0 Å². The van der Waals surface area contributed by atoms with E-state index in [-0.39, 0.29) is 18.9 Å². The minimum Gasteiger partial charge on any atom is -0.479 e. The molecular formula is C10H14N2O5. The molecule has 0 aromatic carbocycles.